The largest absolute Gasteiger partial charge is 0.398 e. The van der Waals surface area contributed by atoms with Crippen LogP contribution in [-0.4, -0.2) is 0 Å². The highest BCUT2D eigenvalue weighted by Gasteiger charge is 2.17. The van der Waals surface area contributed by atoms with Gasteiger partial charge in [0.2, 0.25) is 0 Å². The van der Waals surface area contributed by atoms with E-state index in [1.807, 2.05) is 36.4 Å². The third kappa shape index (κ3) is 4.40. The molecule has 0 aliphatic heterocycles. The molecule has 0 aromatic heterocycles. The Morgan fingerprint density at radius 2 is 1.03 bits per heavy atom. The van der Waals surface area contributed by atoms with E-state index >= 15 is 0 Å². The van der Waals surface area contributed by atoms with Gasteiger partial charge < -0.3 is 11.5 Å². The molecule has 0 heterocycles. The van der Waals surface area contributed by atoms with Crippen LogP contribution in [0.5, 0.6) is 0 Å². The zero-order valence-electron chi connectivity index (χ0n) is 17.2. The molecule has 4 N–H and O–H groups in total. The quantitative estimate of drug-likeness (QED) is 0.298. The van der Waals surface area contributed by atoms with Crippen LogP contribution in [0.3, 0.4) is 0 Å². The van der Waals surface area contributed by atoms with Crippen LogP contribution in [0.2, 0.25) is 10.0 Å². The highest BCUT2D eigenvalue weighted by Crippen LogP contribution is 2.46. The average molecular weight is 465 g/mol. The third-order valence-corrected chi connectivity index (χ3v) is 6.90. The molecule has 5 heteroatoms. The van der Waals surface area contributed by atoms with Gasteiger partial charge >= 0.3 is 0 Å². The SMILES string of the molecule is Cc1ccc(Sc2ccc(C)cc2-c2c(N)cccc2Cl)c(-c2c(N)cccc2Cl)c1. The zero-order valence-corrected chi connectivity index (χ0v) is 19.6. The summed E-state index contributed by atoms with van der Waals surface area (Å²) in [6.45, 7) is 4.12. The second-order valence-corrected chi connectivity index (χ2v) is 9.41. The fourth-order valence-corrected chi connectivity index (χ4v) is 5.24. The number of hydrogen-bond acceptors (Lipinski definition) is 3. The smallest absolute Gasteiger partial charge is 0.0505 e. The molecule has 0 spiro atoms. The summed E-state index contributed by atoms with van der Waals surface area (Å²) >= 11 is 14.8. The summed E-state index contributed by atoms with van der Waals surface area (Å²) in [4.78, 5) is 2.11. The van der Waals surface area contributed by atoms with Gasteiger partial charge in [0.25, 0.3) is 0 Å². The Bertz CT molecular complexity index is 1150. The molecule has 0 saturated carbocycles. The molecule has 2 nitrogen and oxygen atoms in total. The lowest BCUT2D eigenvalue weighted by Crippen LogP contribution is -1.95. The first-order valence-corrected chi connectivity index (χ1v) is 11.4. The number of hydrogen-bond donors (Lipinski definition) is 2. The Hall–Kier alpha value is -2.59. The molecule has 4 aromatic carbocycles. The molecule has 0 unspecified atom stereocenters. The summed E-state index contributed by atoms with van der Waals surface area (Å²) in [6.07, 6.45) is 0. The number of benzene rings is 4. The lowest BCUT2D eigenvalue weighted by atomic mass is 10.0. The van der Waals surface area contributed by atoms with Gasteiger partial charge in [0.15, 0.2) is 0 Å². The van der Waals surface area contributed by atoms with Crippen molar-refractivity contribution in [3.8, 4) is 22.3 Å². The summed E-state index contributed by atoms with van der Waals surface area (Å²) in [5.74, 6) is 0. The van der Waals surface area contributed by atoms with Gasteiger partial charge in [-0.3, -0.25) is 0 Å². The van der Waals surface area contributed by atoms with Crippen molar-refractivity contribution in [3.63, 3.8) is 0 Å². The highest BCUT2D eigenvalue weighted by molar-refractivity contribution is 7.99. The van der Waals surface area contributed by atoms with E-state index in [0.717, 1.165) is 43.2 Å². The number of halogens is 2. The number of nitrogens with two attached hydrogens (primary N) is 2. The van der Waals surface area contributed by atoms with Gasteiger partial charge in [-0.15, -0.1) is 0 Å². The Morgan fingerprint density at radius 3 is 1.42 bits per heavy atom. The Balaban J connectivity index is 1.89. The van der Waals surface area contributed by atoms with E-state index in [4.69, 9.17) is 34.7 Å². The minimum absolute atomic E-state index is 0.631. The van der Waals surface area contributed by atoms with E-state index in [2.05, 4.69) is 50.2 Å². The van der Waals surface area contributed by atoms with Crippen molar-refractivity contribution >= 4 is 46.3 Å². The van der Waals surface area contributed by atoms with Crippen molar-refractivity contribution in [1.29, 1.82) is 0 Å². The average Bonchev–Trinajstić information content (AvgIpc) is 2.71. The van der Waals surface area contributed by atoms with Crippen LogP contribution in [-0.2, 0) is 0 Å². The first-order chi connectivity index (χ1) is 14.8. The van der Waals surface area contributed by atoms with Crippen LogP contribution >= 0.6 is 35.0 Å². The molecule has 0 bridgehead atoms. The lowest BCUT2D eigenvalue weighted by Gasteiger charge is -2.17. The van der Waals surface area contributed by atoms with Crippen molar-refractivity contribution in [3.05, 3.63) is 94.0 Å². The number of rotatable bonds is 4. The number of anilines is 2. The fraction of sp³-hybridized carbons (Fsp3) is 0.0769. The van der Waals surface area contributed by atoms with Gasteiger partial charge in [0.1, 0.15) is 0 Å². The Labute approximate surface area is 197 Å². The molecular weight excluding hydrogens is 443 g/mol. The van der Waals surface area contributed by atoms with Crippen molar-refractivity contribution in [2.45, 2.75) is 23.6 Å². The fourth-order valence-electron chi connectivity index (χ4n) is 3.62. The minimum Gasteiger partial charge on any atom is -0.398 e. The summed E-state index contributed by atoms with van der Waals surface area (Å²) in [6, 6.07) is 23.9. The second kappa shape index (κ2) is 8.88. The van der Waals surface area contributed by atoms with Crippen LogP contribution in [0.4, 0.5) is 11.4 Å². The van der Waals surface area contributed by atoms with Crippen LogP contribution in [0, 0.1) is 13.8 Å². The van der Waals surface area contributed by atoms with Gasteiger partial charge in [0.05, 0.1) is 10.0 Å². The van der Waals surface area contributed by atoms with E-state index in [1.165, 1.54) is 0 Å². The van der Waals surface area contributed by atoms with Crippen molar-refractivity contribution in [2.75, 3.05) is 11.5 Å². The molecule has 0 aliphatic carbocycles. The van der Waals surface area contributed by atoms with E-state index in [0.29, 0.717) is 21.4 Å². The first-order valence-electron chi connectivity index (χ1n) is 9.83. The van der Waals surface area contributed by atoms with Crippen LogP contribution < -0.4 is 11.5 Å². The molecular formula is C26H22Cl2N2S. The second-order valence-electron chi connectivity index (χ2n) is 7.51. The van der Waals surface area contributed by atoms with Gasteiger partial charge in [-0.2, -0.15) is 0 Å². The van der Waals surface area contributed by atoms with Crippen LogP contribution in [0.1, 0.15) is 11.1 Å². The normalized spacial score (nSPS) is 11.0. The lowest BCUT2D eigenvalue weighted by molar-refractivity contribution is 1.34. The Morgan fingerprint density at radius 1 is 0.613 bits per heavy atom. The van der Waals surface area contributed by atoms with Crippen LogP contribution in [0.15, 0.2) is 82.6 Å². The van der Waals surface area contributed by atoms with Gasteiger partial charge in [-0.05, 0) is 61.4 Å². The topological polar surface area (TPSA) is 52.0 Å². The van der Waals surface area contributed by atoms with Crippen LogP contribution in [0.25, 0.3) is 22.3 Å². The van der Waals surface area contributed by atoms with E-state index in [-0.39, 0.29) is 0 Å². The zero-order chi connectivity index (χ0) is 22.1. The Kier molecular flexibility index (Phi) is 6.19. The first kappa shape index (κ1) is 21.6. The van der Waals surface area contributed by atoms with Gasteiger partial charge in [-0.1, -0.05) is 82.5 Å². The van der Waals surface area contributed by atoms with Crippen molar-refractivity contribution < 1.29 is 0 Å². The molecule has 4 aromatic rings. The minimum atomic E-state index is 0.631. The number of aryl methyl sites for hydroxylation is 2. The predicted octanol–water partition coefficient (Wildman–Crippen LogP) is 8.26. The molecule has 31 heavy (non-hydrogen) atoms. The standard InChI is InChI=1S/C26H22Cl2N2S/c1-15-9-11-23(17(13-15)25-19(27)5-3-7-21(25)29)31-24-12-10-16(2)14-18(24)26-20(28)6-4-8-22(26)30/h3-14H,29-30H2,1-2H3. The summed E-state index contributed by atoms with van der Waals surface area (Å²) in [5, 5.41) is 1.26. The maximum Gasteiger partial charge on any atom is 0.0505 e. The van der Waals surface area contributed by atoms with Gasteiger partial charge in [-0.25, -0.2) is 0 Å². The van der Waals surface area contributed by atoms with E-state index in [1.54, 1.807) is 11.8 Å². The summed E-state index contributed by atoms with van der Waals surface area (Å²) in [7, 11) is 0. The molecule has 0 amide bonds. The molecule has 0 saturated heterocycles. The third-order valence-electron chi connectivity index (χ3n) is 5.12. The summed E-state index contributed by atoms with van der Waals surface area (Å²) in [5.41, 5.74) is 19.9. The predicted molar refractivity (Wildman–Crippen MR) is 136 cm³/mol. The maximum absolute atomic E-state index is 6.56. The monoisotopic (exact) mass is 464 g/mol. The highest BCUT2D eigenvalue weighted by atomic mass is 35.5. The molecule has 156 valence electrons. The summed E-state index contributed by atoms with van der Waals surface area (Å²) < 4.78 is 0. The molecule has 0 atom stereocenters. The maximum atomic E-state index is 6.56. The number of nitrogen functional groups attached to an aromatic ring is 2. The van der Waals surface area contributed by atoms with Crippen molar-refractivity contribution in [1.82, 2.24) is 0 Å². The van der Waals surface area contributed by atoms with Gasteiger partial charge in [0, 0.05) is 32.3 Å². The molecule has 0 fully saturated rings. The van der Waals surface area contributed by atoms with E-state index in [9.17, 15) is 0 Å². The molecule has 4 rings (SSSR count). The van der Waals surface area contributed by atoms with Crippen molar-refractivity contribution in [2.24, 2.45) is 0 Å². The molecule has 0 radical (unpaired) electrons. The van der Waals surface area contributed by atoms with E-state index < -0.39 is 0 Å². The molecule has 0 aliphatic rings.